The first kappa shape index (κ1) is 15.9. The summed E-state index contributed by atoms with van der Waals surface area (Å²) >= 11 is 5.39. The fourth-order valence-electron chi connectivity index (χ4n) is 1.24. The van der Waals surface area contributed by atoms with Crippen LogP contribution in [-0.2, 0) is 23.9 Å². The minimum atomic E-state index is -0.975. The number of esters is 2. The van der Waals surface area contributed by atoms with Crippen molar-refractivity contribution >= 4 is 29.3 Å². The molecule has 0 aliphatic rings. The Morgan fingerprint density at radius 1 is 1.12 bits per heavy atom. The van der Waals surface area contributed by atoms with Gasteiger partial charge in [-0.25, -0.2) is 0 Å². The number of carbonyl (C=O) groups excluding carboxylic acids is 3. The summed E-state index contributed by atoms with van der Waals surface area (Å²) in [6.07, 6.45) is 0.0726. The summed E-state index contributed by atoms with van der Waals surface area (Å²) in [6.45, 7) is 3.78. The molecule has 0 aromatic carbocycles. The van der Waals surface area contributed by atoms with Crippen molar-refractivity contribution in [3.05, 3.63) is 0 Å². The molecule has 0 N–H and O–H groups in total. The van der Waals surface area contributed by atoms with E-state index in [1.807, 2.05) is 0 Å². The molecular weight excluding hydrogens is 248 g/mol. The van der Waals surface area contributed by atoms with Crippen molar-refractivity contribution in [2.75, 3.05) is 19.1 Å². The number of Topliss-reactive ketones (excluding diaryl/α,β-unsaturated/α-hetero) is 1. The zero-order valence-electron chi connectivity index (χ0n) is 10.0. The largest absolute Gasteiger partial charge is 0.466 e. The third-order valence-electron chi connectivity index (χ3n) is 2.03. The van der Waals surface area contributed by atoms with E-state index in [1.54, 1.807) is 13.8 Å². The lowest BCUT2D eigenvalue weighted by molar-refractivity contribution is -0.152. The van der Waals surface area contributed by atoms with E-state index in [4.69, 9.17) is 21.1 Å². The van der Waals surface area contributed by atoms with Gasteiger partial charge < -0.3 is 9.47 Å². The molecule has 0 aliphatic heterocycles. The molecule has 0 saturated carbocycles. The lowest BCUT2D eigenvalue weighted by Gasteiger charge is -2.12. The monoisotopic (exact) mass is 264 g/mol. The molecular formula is C11H17ClO5. The van der Waals surface area contributed by atoms with Crippen LogP contribution < -0.4 is 0 Å². The van der Waals surface area contributed by atoms with E-state index in [-0.39, 0.29) is 31.9 Å². The first-order valence-electron chi connectivity index (χ1n) is 5.47. The van der Waals surface area contributed by atoms with E-state index in [1.165, 1.54) is 0 Å². The predicted molar refractivity (Wildman–Crippen MR) is 61.7 cm³/mol. The standard InChI is InChI=1S/C11H17ClO5/c1-3-16-10(14)6-5-8(9(13)7-12)11(15)17-4-2/h8H,3-7H2,1-2H3. The smallest absolute Gasteiger partial charge is 0.316 e. The third-order valence-corrected chi connectivity index (χ3v) is 2.30. The summed E-state index contributed by atoms with van der Waals surface area (Å²) in [4.78, 5) is 34.0. The molecule has 0 aromatic heterocycles. The molecule has 98 valence electrons. The second-order valence-electron chi connectivity index (χ2n) is 3.25. The maximum absolute atomic E-state index is 11.5. The molecule has 0 aliphatic carbocycles. The van der Waals surface area contributed by atoms with Gasteiger partial charge in [-0.3, -0.25) is 14.4 Å². The minimum Gasteiger partial charge on any atom is -0.466 e. The van der Waals surface area contributed by atoms with Crippen molar-refractivity contribution in [3.8, 4) is 0 Å². The molecule has 0 bridgehead atoms. The number of halogens is 1. The van der Waals surface area contributed by atoms with Gasteiger partial charge in [0.05, 0.1) is 19.1 Å². The van der Waals surface area contributed by atoms with Crippen molar-refractivity contribution < 1.29 is 23.9 Å². The lowest BCUT2D eigenvalue weighted by Crippen LogP contribution is -2.28. The Kier molecular flexibility index (Phi) is 8.40. The summed E-state index contributed by atoms with van der Waals surface area (Å²) in [5.41, 5.74) is 0. The van der Waals surface area contributed by atoms with Gasteiger partial charge in [0.15, 0.2) is 5.78 Å². The minimum absolute atomic E-state index is 0.0000498. The number of hydrogen-bond acceptors (Lipinski definition) is 5. The molecule has 0 spiro atoms. The van der Waals surface area contributed by atoms with Crippen LogP contribution in [0.2, 0.25) is 0 Å². The number of ether oxygens (including phenoxy) is 2. The van der Waals surface area contributed by atoms with Crippen LogP contribution in [-0.4, -0.2) is 36.8 Å². The predicted octanol–water partition coefficient (Wildman–Crippen LogP) is 1.32. The van der Waals surface area contributed by atoms with Gasteiger partial charge in [-0.15, -0.1) is 11.6 Å². The van der Waals surface area contributed by atoms with Crippen LogP contribution >= 0.6 is 11.6 Å². The van der Waals surface area contributed by atoms with Gasteiger partial charge in [0.25, 0.3) is 0 Å². The van der Waals surface area contributed by atoms with Crippen LogP contribution in [0.3, 0.4) is 0 Å². The molecule has 0 radical (unpaired) electrons. The van der Waals surface area contributed by atoms with E-state index in [2.05, 4.69) is 0 Å². The van der Waals surface area contributed by atoms with E-state index >= 15 is 0 Å². The Morgan fingerprint density at radius 2 is 1.71 bits per heavy atom. The summed E-state index contributed by atoms with van der Waals surface area (Å²) in [7, 11) is 0. The zero-order chi connectivity index (χ0) is 13.3. The van der Waals surface area contributed by atoms with E-state index in [0.717, 1.165) is 0 Å². The average Bonchev–Trinajstić information content (AvgIpc) is 2.29. The summed E-state index contributed by atoms with van der Waals surface area (Å²) in [5, 5.41) is 0. The number of alkyl halides is 1. The highest BCUT2D eigenvalue weighted by molar-refractivity contribution is 6.29. The van der Waals surface area contributed by atoms with E-state index in [0.29, 0.717) is 0 Å². The van der Waals surface area contributed by atoms with Crippen molar-refractivity contribution in [3.63, 3.8) is 0 Å². The van der Waals surface area contributed by atoms with E-state index < -0.39 is 23.6 Å². The Balaban J connectivity index is 4.34. The van der Waals surface area contributed by atoms with Crippen LogP contribution in [0, 0.1) is 5.92 Å². The zero-order valence-corrected chi connectivity index (χ0v) is 10.8. The molecule has 0 saturated heterocycles. The molecule has 0 aromatic rings. The van der Waals surface area contributed by atoms with Gasteiger partial charge in [0, 0.05) is 6.42 Å². The SMILES string of the molecule is CCOC(=O)CCC(C(=O)CCl)C(=O)OCC. The summed E-state index contributed by atoms with van der Waals surface area (Å²) in [5.74, 6) is -2.76. The fourth-order valence-corrected chi connectivity index (χ4v) is 1.43. The summed E-state index contributed by atoms with van der Waals surface area (Å²) in [6, 6.07) is 0. The molecule has 0 amide bonds. The second kappa shape index (κ2) is 8.98. The second-order valence-corrected chi connectivity index (χ2v) is 3.52. The quantitative estimate of drug-likeness (QED) is 0.376. The van der Waals surface area contributed by atoms with E-state index in [9.17, 15) is 14.4 Å². The molecule has 1 unspecified atom stereocenters. The van der Waals surface area contributed by atoms with Crippen molar-refractivity contribution in [1.82, 2.24) is 0 Å². The van der Waals surface area contributed by atoms with Crippen LogP contribution in [0.1, 0.15) is 26.7 Å². The lowest BCUT2D eigenvalue weighted by atomic mass is 9.99. The normalized spacial score (nSPS) is 11.7. The van der Waals surface area contributed by atoms with Crippen LogP contribution in [0.5, 0.6) is 0 Å². The fraction of sp³-hybridized carbons (Fsp3) is 0.727. The van der Waals surface area contributed by atoms with Gasteiger partial charge >= 0.3 is 11.9 Å². The first-order chi connectivity index (χ1) is 8.06. The number of ketones is 1. The maximum Gasteiger partial charge on any atom is 0.316 e. The van der Waals surface area contributed by atoms with Gasteiger partial charge in [-0.2, -0.15) is 0 Å². The van der Waals surface area contributed by atoms with Crippen LogP contribution in [0.25, 0.3) is 0 Å². The highest BCUT2D eigenvalue weighted by Crippen LogP contribution is 2.12. The van der Waals surface area contributed by atoms with Crippen molar-refractivity contribution in [2.45, 2.75) is 26.7 Å². The number of rotatable bonds is 8. The molecule has 0 heterocycles. The summed E-state index contributed by atoms with van der Waals surface area (Å²) < 4.78 is 9.46. The number of carbonyl (C=O) groups is 3. The topological polar surface area (TPSA) is 69.7 Å². The van der Waals surface area contributed by atoms with Gasteiger partial charge in [-0.05, 0) is 20.3 Å². The van der Waals surface area contributed by atoms with Gasteiger partial charge in [0.1, 0.15) is 5.92 Å². The van der Waals surface area contributed by atoms with Gasteiger partial charge in [0.2, 0.25) is 0 Å². The Morgan fingerprint density at radius 3 is 2.18 bits per heavy atom. The molecule has 1 atom stereocenters. The number of hydrogen-bond donors (Lipinski definition) is 0. The van der Waals surface area contributed by atoms with Crippen molar-refractivity contribution in [2.24, 2.45) is 5.92 Å². The molecule has 17 heavy (non-hydrogen) atoms. The first-order valence-corrected chi connectivity index (χ1v) is 6.01. The third kappa shape index (κ3) is 6.26. The molecule has 5 nitrogen and oxygen atoms in total. The van der Waals surface area contributed by atoms with Crippen molar-refractivity contribution in [1.29, 1.82) is 0 Å². The maximum atomic E-state index is 11.5. The van der Waals surface area contributed by atoms with Gasteiger partial charge in [-0.1, -0.05) is 0 Å². The molecule has 0 fully saturated rings. The molecule has 6 heteroatoms. The Hall–Kier alpha value is -1.10. The molecule has 0 rings (SSSR count). The van der Waals surface area contributed by atoms with Crippen LogP contribution in [0.4, 0.5) is 0 Å². The average molecular weight is 265 g/mol. The van der Waals surface area contributed by atoms with Crippen LogP contribution in [0.15, 0.2) is 0 Å². The Bertz CT molecular complexity index is 277. The highest BCUT2D eigenvalue weighted by Gasteiger charge is 2.27. The highest BCUT2D eigenvalue weighted by atomic mass is 35.5. The Labute approximate surface area is 105 Å².